The number of hydrogen-bond donors (Lipinski definition) is 1. The van der Waals surface area contributed by atoms with Crippen LogP contribution in [0.15, 0.2) is 94.7 Å². The lowest BCUT2D eigenvalue weighted by atomic mass is 9.97. The van der Waals surface area contributed by atoms with Gasteiger partial charge in [0, 0.05) is 15.5 Å². The fraction of sp³-hybridized carbons (Fsp3) is 0. The van der Waals surface area contributed by atoms with Gasteiger partial charge in [-0.15, -0.1) is 0 Å². The van der Waals surface area contributed by atoms with E-state index in [1.165, 1.54) is 11.8 Å². The van der Waals surface area contributed by atoms with Gasteiger partial charge in [-0.25, -0.2) is 4.79 Å². The summed E-state index contributed by atoms with van der Waals surface area (Å²) in [6, 6.07) is 26.3. The fourth-order valence-electron chi connectivity index (χ4n) is 2.46. The van der Waals surface area contributed by atoms with Crippen LogP contribution in [0.4, 0.5) is 0 Å². The molecule has 3 aromatic rings. The van der Waals surface area contributed by atoms with Crippen molar-refractivity contribution in [3.63, 3.8) is 0 Å². The molecule has 0 fully saturated rings. The zero-order chi connectivity index (χ0) is 17.6. The van der Waals surface area contributed by atoms with Gasteiger partial charge in [-0.3, -0.25) is 0 Å². The first-order chi connectivity index (χ1) is 12.1. The van der Waals surface area contributed by atoms with Crippen molar-refractivity contribution in [3.8, 4) is 0 Å². The maximum absolute atomic E-state index is 12.1. The van der Waals surface area contributed by atoms with Crippen molar-refractivity contribution < 1.29 is 9.90 Å². The van der Waals surface area contributed by atoms with Gasteiger partial charge in [0.05, 0.1) is 0 Å². The molecule has 0 saturated heterocycles. The Morgan fingerprint density at radius 2 is 1.24 bits per heavy atom. The average molecular weight is 367 g/mol. The lowest BCUT2D eigenvalue weighted by Crippen LogP contribution is -2.03. The molecule has 3 aromatic carbocycles. The third-order valence-corrected chi connectivity index (χ3v) is 4.92. The molecule has 0 aromatic heterocycles. The topological polar surface area (TPSA) is 37.3 Å². The maximum atomic E-state index is 12.1. The van der Waals surface area contributed by atoms with Crippen molar-refractivity contribution in [1.82, 2.24) is 0 Å². The number of carboxylic acid groups (broad SMARTS) is 1. The summed E-state index contributed by atoms with van der Waals surface area (Å²) in [5, 5.41) is 10.5. The van der Waals surface area contributed by atoms with Gasteiger partial charge in [-0.1, -0.05) is 84.0 Å². The molecular formula is C21H15ClO2S. The normalized spacial score (nSPS) is 10.3. The molecule has 0 aliphatic rings. The van der Waals surface area contributed by atoms with E-state index in [0.717, 1.165) is 16.0 Å². The zero-order valence-corrected chi connectivity index (χ0v) is 14.8. The van der Waals surface area contributed by atoms with Crippen LogP contribution >= 0.6 is 23.4 Å². The molecule has 0 unspecified atom stereocenters. The van der Waals surface area contributed by atoms with E-state index in [2.05, 4.69) is 0 Å². The standard InChI is InChI=1S/C21H15ClO2S/c22-17-11-13-18(14-12-17)25-20(21(23)24)19(15-7-3-1-4-8-15)16-9-5-2-6-10-16/h1-14H,(H,23,24). The van der Waals surface area contributed by atoms with E-state index < -0.39 is 5.97 Å². The van der Waals surface area contributed by atoms with Crippen LogP contribution in [-0.2, 0) is 4.79 Å². The lowest BCUT2D eigenvalue weighted by Gasteiger charge is -2.13. The first kappa shape index (κ1) is 17.3. The molecule has 0 heterocycles. The van der Waals surface area contributed by atoms with E-state index in [9.17, 15) is 9.90 Å². The van der Waals surface area contributed by atoms with Crippen LogP contribution in [0.3, 0.4) is 0 Å². The molecule has 0 aliphatic carbocycles. The predicted octanol–water partition coefficient (Wildman–Crippen LogP) is 5.98. The van der Waals surface area contributed by atoms with Crippen LogP contribution in [0.5, 0.6) is 0 Å². The molecule has 0 saturated carbocycles. The molecule has 3 rings (SSSR count). The van der Waals surface area contributed by atoms with Crippen molar-refractivity contribution in [3.05, 3.63) is 106 Å². The summed E-state index contributed by atoms with van der Waals surface area (Å²) < 4.78 is 0. The van der Waals surface area contributed by atoms with Gasteiger partial charge in [0.2, 0.25) is 0 Å². The first-order valence-electron chi connectivity index (χ1n) is 7.67. The minimum atomic E-state index is -0.956. The summed E-state index contributed by atoms with van der Waals surface area (Å²) in [6.45, 7) is 0. The molecule has 1 N–H and O–H groups in total. The molecule has 0 spiro atoms. The Kier molecular flexibility index (Phi) is 5.59. The van der Waals surface area contributed by atoms with E-state index in [1.54, 1.807) is 12.1 Å². The number of rotatable bonds is 5. The lowest BCUT2D eigenvalue weighted by molar-refractivity contribution is -0.131. The molecule has 25 heavy (non-hydrogen) atoms. The Balaban J connectivity index is 2.17. The summed E-state index contributed by atoms with van der Waals surface area (Å²) >= 11 is 7.15. The summed E-state index contributed by atoms with van der Waals surface area (Å²) in [5.41, 5.74) is 2.44. The number of thioether (sulfide) groups is 1. The van der Waals surface area contributed by atoms with Crippen LogP contribution in [0.25, 0.3) is 5.57 Å². The molecule has 0 bridgehead atoms. The van der Waals surface area contributed by atoms with Gasteiger partial charge < -0.3 is 5.11 Å². The fourth-order valence-corrected chi connectivity index (χ4v) is 3.52. The Hall–Kier alpha value is -2.49. The summed E-state index contributed by atoms with van der Waals surface area (Å²) in [6.07, 6.45) is 0. The van der Waals surface area contributed by atoms with Crippen LogP contribution in [0.1, 0.15) is 11.1 Å². The highest BCUT2D eigenvalue weighted by atomic mass is 35.5. The van der Waals surface area contributed by atoms with Crippen LogP contribution in [0, 0.1) is 0 Å². The van der Waals surface area contributed by atoms with Crippen molar-refractivity contribution in [2.24, 2.45) is 0 Å². The minimum Gasteiger partial charge on any atom is -0.477 e. The molecule has 124 valence electrons. The summed E-state index contributed by atoms with van der Waals surface area (Å²) in [4.78, 5) is 13.2. The van der Waals surface area contributed by atoms with Gasteiger partial charge in [0.25, 0.3) is 0 Å². The molecule has 2 nitrogen and oxygen atoms in total. The van der Waals surface area contributed by atoms with Crippen LogP contribution in [-0.4, -0.2) is 11.1 Å². The molecule has 0 aliphatic heterocycles. The van der Waals surface area contributed by atoms with E-state index in [4.69, 9.17) is 11.6 Å². The monoisotopic (exact) mass is 366 g/mol. The molecular weight excluding hydrogens is 352 g/mol. The average Bonchev–Trinajstić information content (AvgIpc) is 2.64. The van der Waals surface area contributed by atoms with Crippen molar-refractivity contribution >= 4 is 34.9 Å². The number of benzene rings is 3. The van der Waals surface area contributed by atoms with E-state index in [1.807, 2.05) is 72.8 Å². The highest BCUT2D eigenvalue weighted by Crippen LogP contribution is 2.37. The Bertz CT molecular complexity index is 847. The zero-order valence-electron chi connectivity index (χ0n) is 13.2. The Labute approximate surface area is 155 Å². The van der Waals surface area contributed by atoms with Crippen molar-refractivity contribution in [2.75, 3.05) is 0 Å². The summed E-state index contributed by atoms with van der Waals surface area (Å²) in [5.74, 6) is -0.956. The maximum Gasteiger partial charge on any atom is 0.343 e. The number of halogens is 1. The second kappa shape index (κ2) is 8.06. The molecule has 0 atom stereocenters. The number of carboxylic acids is 1. The smallest absolute Gasteiger partial charge is 0.343 e. The third kappa shape index (κ3) is 4.32. The number of aliphatic carboxylic acids is 1. The van der Waals surface area contributed by atoms with Gasteiger partial charge in [0.1, 0.15) is 4.91 Å². The predicted molar refractivity (Wildman–Crippen MR) is 104 cm³/mol. The highest BCUT2D eigenvalue weighted by molar-refractivity contribution is 8.04. The molecule has 0 amide bonds. The van der Waals surface area contributed by atoms with Gasteiger partial charge >= 0.3 is 5.97 Å². The van der Waals surface area contributed by atoms with Gasteiger partial charge in [-0.05, 0) is 35.4 Å². The first-order valence-corrected chi connectivity index (χ1v) is 8.86. The molecule has 4 heteroatoms. The molecule has 0 radical (unpaired) electrons. The Morgan fingerprint density at radius 1 is 0.760 bits per heavy atom. The quantitative estimate of drug-likeness (QED) is 0.446. The second-order valence-electron chi connectivity index (χ2n) is 5.30. The van der Waals surface area contributed by atoms with E-state index >= 15 is 0 Å². The minimum absolute atomic E-state index is 0.278. The van der Waals surface area contributed by atoms with Crippen LogP contribution < -0.4 is 0 Å². The third-order valence-electron chi connectivity index (χ3n) is 3.58. The van der Waals surface area contributed by atoms with Crippen molar-refractivity contribution in [1.29, 1.82) is 0 Å². The summed E-state index contributed by atoms with van der Waals surface area (Å²) in [7, 11) is 0. The highest BCUT2D eigenvalue weighted by Gasteiger charge is 2.19. The largest absolute Gasteiger partial charge is 0.477 e. The Morgan fingerprint density at radius 3 is 1.68 bits per heavy atom. The van der Waals surface area contributed by atoms with E-state index in [0.29, 0.717) is 10.6 Å². The van der Waals surface area contributed by atoms with E-state index in [-0.39, 0.29) is 4.91 Å². The van der Waals surface area contributed by atoms with Gasteiger partial charge in [0.15, 0.2) is 0 Å². The van der Waals surface area contributed by atoms with Gasteiger partial charge in [-0.2, -0.15) is 0 Å². The van der Waals surface area contributed by atoms with Crippen molar-refractivity contribution in [2.45, 2.75) is 4.90 Å². The number of hydrogen-bond acceptors (Lipinski definition) is 2. The SMILES string of the molecule is O=C(O)C(Sc1ccc(Cl)cc1)=C(c1ccccc1)c1ccccc1. The number of carbonyl (C=O) groups is 1. The van der Waals surface area contributed by atoms with Crippen LogP contribution in [0.2, 0.25) is 5.02 Å². The second-order valence-corrected chi connectivity index (χ2v) is 6.82.